The van der Waals surface area contributed by atoms with Crippen LogP contribution in [0.1, 0.15) is 0 Å². The summed E-state index contributed by atoms with van der Waals surface area (Å²) in [6.45, 7) is 4.30. The van der Waals surface area contributed by atoms with E-state index >= 15 is 0 Å². The van der Waals surface area contributed by atoms with Gasteiger partial charge in [0.15, 0.2) is 0 Å². The van der Waals surface area contributed by atoms with Gasteiger partial charge in [0, 0.05) is 39.3 Å². The van der Waals surface area contributed by atoms with E-state index in [2.05, 4.69) is 20.9 Å². The summed E-state index contributed by atoms with van der Waals surface area (Å²) in [5, 5.41) is 12.8. The topological polar surface area (TPSA) is 60.4 Å². The van der Waals surface area contributed by atoms with Gasteiger partial charge in [-0.2, -0.15) is 0 Å². The Labute approximate surface area is 97.5 Å². The summed E-state index contributed by atoms with van der Waals surface area (Å²) in [6.07, 6.45) is 0. The van der Waals surface area contributed by atoms with E-state index in [0.29, 0.717) is 15.0 Å². The van der Waals surface area contributed by atoms with Crippen LogP contribution in [0.15, 0.2) is 0 Å². The first kappa shape index (κ1) is 15.3. The van der Waals surface area contributed by atoms with Crippen LogP contribution in [0.25, 0.3) is 5.09 Å². The molecule has 3 nitrogen and oxygen atoms in total. The fourth-order valence-electron chi connectivity index (χ4n) is 0.498. The monoisotopic (exact) mass is 269 g/mol. The van der Waals surface area contributed by atoms with Gasteiger partial charge in [-0.3, -0.25) is 0 Å². The third-order valence-electron chi connectivity index (χ3n) is 1.26. The summed E-state index contributed by atoms with van der Waals surface area (Å²) in [7, 11) is 3.01. The van der Waals surface area contributed by atoms with Crippen molar-refractivity contribution in [3.05, 3.63) is 12.0 Å². The van der Waals surface area contributed by atoms with Crippen LogP contribution in [0.5, 0.6) is 0 Å². The summed E-state index contributed by atoms with van der Waals surface area (Å²) in [6, 6.07) is -0.213. The molecule has 3 N–H and O–H groups in total. The van der Waals surface area contributed by atoms with E-state index in [9.17, 15) is 0 Å². The second-order valence-corrected chi connectivity index (χ2v) is 3.43. The molecule has 6 heteroatoms. The SMILES string of the molecule is [CH2-]C(N)C(CO)C[N-]PP.[Y]. The maximum atomic E-state index is 8.74. The van der Waals surface area contributed by atoms with Gasteiger partial charge in [-0.1, -0.05) is 0 Å². The second kappa shape index (κ2) is 9.93. The van der Waals surface area contributed by atoms with Crippen LogP contribution in [0.4, 0.5) is 0 Å². The molecule has 1 radical (unpaired) electrons. The molecule has 0 heterocycles. The summed E-state index contributed by atoms with van der Waals surface area (Å²) in [4.78, 5) is 0. The second-order valence-electron chi connectivity index (χ2n) is 2.08. The summed E-state index contributed by atoms with van der Waals surface area (Å²) < 4.78 is 0. The van der Waals surface area contributed by atoms with Crippen LogP contribution in [0.3, 0.4) is 0 Å². The molecule has 0 rings (SSSR count). The van der Waals surface area contributed by atoms with Crippen LogP contribution in [0.2, 0.25) is 0 Å². The minimum atomic E-state index is -0.213. The van der Waals surface area contributed by atoms with Crippen molar-refractivity contribution in [3.63, 3.8) is 0 Å². The number of hydrogen-bond donors (Lipinski definition) is 2. The molecule has 0 spiro atoms. The minimum absolute atomic E-state index is 0. The molecule has 65 valence electrons. The summed E-state index contributed by atoms with van der Waals surface area (Å²) in [5.74, 6) is 0.0213. The molecule has 0 aromatic heterocycles. The predicted octanol–water partition coefficient (Wildman–Crippen LogP) is 0.511. The van der Waals surface area contributed by atoms with Gasteiger partial charge >= 0.3 is 0 Å². The first-order valence-electron chi connectivity index (χ1n) is 3.04. The quantitative estimate of drug-likeness (QED) is 0.564. The van der Waals surface area contributed by atoms with Crippen LogP contribution >= 0.6 is 17.3 Å². The van der Waals surface area contributed by atoms with Gasteiger partial charge in [-0.05, 0) is 5.92 Å². The molecule has 0 saturated heterocycles. The van der Waals surface area contributed by atoms with Crippen molar-refractivity contribution in [2.45, 2.75) is 6.04 Å². The van der Waals surface area contributed by atoms with Crippen molar-refractivity contribution in [2.24, 2.45) is 11.7 Å². The molecule has 0 aromatic carbocycles. The zero-order valence-corrected chi connectivity index (χ0v) is 11.4. The van der Waals surface area contributed by atoms with E-state index in [4.69, 9.17) is 10.8 Å². The van der Waals surface area contributed by atoms with E-state index in [1.165, 1.54) is 0 Å². The van der Waals surface area contributed by atoms with Crippen molar-refractivity contribution >= 4 is 17.3 Å². The molecule has 0 aliphatic heterocycles. The number of rotatable bonds is 5. The van der Waals surface area contributed by atoms with E-state index < -0.39 is 0 Å². The van der Waals surface area contributed by atoms with E-state index in [1.54, 1.807) is 0 Å². The van der Waals surface area contributed by atoms with E-state index in [0.717, 1.165) is 0 Å². The van der Waals surface area contributed by atoms with Gasteiger partial charge in [0.25, 0.3) is 0 Å². The number of nitrogens with zero attached hydrogens (tertiary/aromatic N) is 1. The molecule has 4 atom stereocenters. The summed E-state index contributed by atoms with van der Waals surface area (Å²) in [5.41, 5.74) is 5.45. The van der Waals surface area contributed by atoms with Crippen molar-refractivity contribution in [1.82, 2.24) is 0 Å². The van der Waals surface area contributed by atoms with Crippen molar-refractivity contribution in [1.29, 1.82) is 0 Å². The molecule has 4 unspecified atom stereocenters. The maximum Gasteiger partial charge on any atom is 0.0432 e. The molecule has 0 fully saturated rings. The van der Waals surface area contributed by atoms with Gasteiger partial charge in [0.1, 0.15) is 0 Å². The zero-order chi connectivity index (χ0) is 7.98. The molecule has 0 bridgehead atoms. The van der Waals surface area contributed by atoms with Gasteiger partial charge in [0.2, 0.25) is 0 Å². The average molecular weight is 269 g/mol. The Balaban J connectivity index is 0. The normalized spacial score (nSPS) is 16.4. The van der Waals surface area contributed by atoms with Gasteiger partial charge in [-0.25, -0.2) is 8.42 Å². The molecule has 11 heavy (non-hydrogen) atoms. The fourth-order valence-corrected chi connectivity index (χ4v) is 1.15. The van der Waals surface area contributed by atoms with Gasteiger partial charge in [0.05, 0.1) is 0 Å². The average Bonchev–Trinajstić information content (AvgIpc) is 1.89. The van der Waals surface area contributed by atoms with Crippen LogP contribution in [0, 0.1) is 12.8 Å². The molecule has 0 aromatic rings. The zero-order valence-electron chi connectivity index (χ0n) is 6.40. The molecule has 0 aliphatic rings. The first-order valence-corrected chi connectivity index (χ1v) is 5.79. The Hall–Kier alpha value is 1.84. The van der Waals surface area contributed by atoms with Crippen molar-refractivity contribution in [2.75, 3.05) is 13.2 Å². The predicted molar refractivity (Wildman–Crippen MR) is 50.2 cm³/mol. The van der Waals surface area contributed by atoms with Gasteiger partial charge in [-0.15, -0.1) is 21.5 Å². The van der Waals surface area contributed by atoms with Gasteiger partial charge < -0.3 is 22.9 Å². The van der Waals surface area contributed by atoms with Crippen LogP contribution in [-0.4, -0.2) is 24.3 Å². The minimum Gasteiger partial charge on any atom is -0.636 e. The van der Waals surface area contributed by atoms with Crippen LogP contribution in [-0.2, 0) is 32.7 Å². The Morgan fingerprint density at radius 1 is 1.73 bits per heavy atom. The Morgan fingerprint density at radius 2 is 2.27 bits per heavy atom. The van der Waals surface area contributed by atoms with Crippen LogP contribution < -0.4 is 5.73 Å². The number of nitrogens with two attached hydrogens (primary N) is 1. The third kappa shape index (κ3) is 8.18. The smallest absolute Gasteiger partial charge is 0.0432 e. The number of aliphatic hydroxyl groups is 1. The molecular formula is C5H14N2OP2Y-2. The Morgan fingerprint density at radius 3 is 2.55 bits per heavy atom. The third-order valence-corrected chi connectivity index (χ3v) is 2.17. The number of aliphatic hydroxyl groups excluding tert-OH is 1. The fraction of sp³-hybridized carbons (Fsp3) is 0.800. The van der Waals surface area contributed by atoms with E-state index in [-0.39, 0.29) is 51.3 Å². The molecule has 0 amide bonds. The molecular weight excluding hydrogens is 255 g/mol. The maximum absolute atomic E-state index is 8.74. The van der Waals surface area contributed by atoms with Crippen molar-refractivity contribution < 1.29 is 37.8 Å². The van der Waals surface area contributed by atoms with E-state index in [1.807, 2.05) is 0 Å². The number of hydrogen-bond acceptors (Lipinski definition) is 2. The standard InChI is InChI=1S/C5H14N2OP2.Y/c1-4(6)5(3-8)2-7-10-9;/h4-5,8,10H,1-3,6,9H2;/q-2;. The molecule has 0 saturated carbocycles. The molecule has 0 aliphatic carbocycles. The first-order chi connectivity index (χ1) is 4.72. The summed E-state index contributed by atoms with van der Waals surface area (Å²) >= 11 is 0. The van der Waals surface area contributed by atoms with Crippen molar-refractivity contribution in [3.8, 4) is 0 Å². The Kier molecular flexibility index (Phi) is 13.8. The largest absolute Gasteiger partial charge is 0.636 e. The Bertz CT molecular complexity index is 86.9.